The number of hydrogen-bond acceptors (Lipinski definition) is 4. The van der Waals surface area contributed by atoms with Gasteiger partial charge in [0.25, 0.3) is 0 Å². The summed E-state index contributed by atoms with van der Waals surface area (Å²) >= 11 is 0. The Morgan fingerprint density at radius 3 is 1.38 bits per heavy atom. The molecule has 4 heteroatoms. The minimum absolute atomic E-state index is 0.635. The lowest BCUT2D eigenvalue weighted by molar-refractivity contribution is 0.753. The van der Waals surface area contributed by atoms with E-state index in [0.29, 0.717) is 17.5 Å². The van der Waals surface area contributed by atoms with E-state index in [1.807, 2.05) is 24.3 Å². The Balaban J connectivity index is 1.19. The highest BCUT2D eigenvalue weighted by Crippen LogP contribution is 2.64. The molecule has 0 fully saturated rings. The number of rotatable bonds is 5. The molecule has 11 rings (SSSR count). The molecular weight excluding hydrogens is 681 g/mol. The SMILES string of the molecule is c1ccc(-c2ccc(-c3nc(-c4ccccc4)nc(-c4cccc5c4C4(c6ccccc6-5)c5ccccc5N(c5ccccc5)c5ccccc54)n3)cc2)cc1. The smallest absolute Gasteiger partial charge is 0.164 e. The van der Waals surface area contributed by atoms with E-state index in [-0.39, 0.29) is 0 Å². The lowest BCUT2D eigenvalue weighted by Gasteiger charge is -2.45. The van der Waals surface area contributed by atoms with Crippen LogP contribution in [0.4, 0.5) is 17.1 Å². The van der Waals surface area contributed by atoms with Gasteiger partial charge in [0.2, 0.25) is 0 Å². The summed E-state index contributed by atoms with van der Waals surface area (Å²) in [6, 6.07) is 73.2. The van der Waals surface area contributed by atoms with E-state index in [4.69, 9.17) is 15.0 Å². The molecular formula is C52H34N4. The minimum Gasteiger partial charge on any atom is -0.310 e. The summed E-state index contributed by atoms with van der Waals surface area (Å²) in [5.74, 6) is 1.92. The van der Waals surface area contributed by atoms with Gasteiger partial charge in [-0.15, -0.1) is 0 Å². The van der Waals surface area contributed by atoms with Gasteiger partial charge in [0.15, 0.2) is 17.5 Å². The zero-order chi connectivity index (χ0) is 37.1. The highest BCUT2D eigenvalue weighted by atomic mass is 15.2. The molecule has 1 spiro atoms. The Kier molecular flexibility index (Phi) is 7.36. The fourth-order valence-electron chi connectivity index (χ4n) is 8.99. The van der Waals surface area contributed by atoms with Crippen molar-refractivity contribution in [3.8, 4) is 56.4 Å². The van der Waals surface area contributed by atoms with Crippen LogP contribution in [0, 0.1) is 0 Å². The van der Waals surface area contributed by atoms with Crippen LogP contribution in [0.1, 0.15) is 22.3 Å². The maximum atomic E-state index is 5.36. The number of nitrogens with zero attached hydrogens (tertiary/aromatic N) is 4. The van der Waals surface area contributed by atoms with Crippen molar-refractivity contribution in [2.45, 2.75) is 5.41 Å². The van der Waals surface area contributed by atoms with Gasteiger partial charge in [-0.1, -0.05) is 182 Å². The predicted molar refractivity (Wildman–Crippen MR) is 227 cm³/mol. The van der Waals surface area contributed by atoms with Gasteiger partial charge < -0.3 is 4.90 Å². The first-order valence-electron chi connectivity index (χ1n) is 19.0. The Labute approximate surface area is 326 Å². The third kappa shape index (κ3) is 4.83. The summed E-state index contributed by atoms with van der Waals surface area (Å²) in [5, 5.41) is 0. The van der Waals surface area contributed by atoms with Gasteiger partial charge in [0.05, 0.1) is 16.8 Å². The fraction of sp³-hybridized carbons (Fsp3) is 0.0192. The molecule has 0 bridgehead atoms. The normalized spacial score (nSPS) is 13.1. The summed E-state index contributed by atoms with van der Waals surface area (Å²) < 4.78 is 0. The number of benzene rings is 8. The molecule has 0 amide bonds. The summed E-state index contributed by atoms with van der Waals surface area (Å²) in [4.78, 5) is 18.2. The van der Waals surface area contributed by atoms with Crippen molar-refractivity contribution in [1.29, 1.82) is 0 Å². The van der Waals surface area contributed by atoms with Crippen molar-refractivity contribution >= 4 is 17.1 Å². The lowest BCUT2D eigenvalue weighted by atomic mass is 9.63. The van der Waals surface area contributed by atoms with Crippen molar-refractivity contribution in [3.05, 3.63) is 229 Å². The molecule has 56 heavy (non-hydrogen) atoms. The van der Waals surface area contributed by atoms with E-state index < -0.39 is 5.41 Å². The maximum absolute atomic E-state index is 5.36. The van der Waals surface area contributed by atoms with Crippen LogP contribution in [0.2, 0.25) is 0 Å². The standard InChI is InChI=1S/C52H34N4/c1-4-17-35(18-5-1)36-31-33-38(34-32-36)50-53-49(37-19-6-2-7-20-37)54-51(55-50)42-25-16-24-41-40-23-10-11-26-43(40)52(48(41)42)44-27-12-14-29-46(44)56(39-21-8-3-9-22-39)47-30-15-13-28-45(47)52/h1-34H. The molecule has 262 valence electrons. The van der Waals surface area contributed by atoms with Crippen LogP contribution in [-0.2, 0) is 5.41 Å². The molecule has 2 aliphatic rings. The first-order chi connectivity index (χ1) is 27.8. The zero-order valence-corrected chi connectivity index (χ0v) is 30.4. The first kappa shape index (κ1) is 32.0. The molecule has 1 aliphatic heterocycles. The van der Waals surface area contributed by atoms with Crippen LogP contribution in [0.25, 0.3) is 56.4 Å². The predicted octanol–water partition coefficient (Wildman–Crippen LogP) is 12.7. The van der Waals surface area contributed by atoms with Crippen LogP contribution in [0.3, 0.4) is 0 Å². The average Bonchev–Trinajstić information content (AvgIpc) is 3.58. The molecule has 0 saturated carbocycles. The molecule has 4 nitrogen and oxygen atoms in total. The van der Waals surface area contributed by atoms with E-state index in [1.54, 1.807) is 0 Å². The molecule has 2 heterocycles. The fourth-order valence-corrected chi connectivity index (χ4v) is 8.99. The Hall–Kier alpha value is -7.43. The van der Waals surface area contributed by atoms with E-state index >= 15 is 0 Å². The van der Waals surface area contributed by atoms with Gasteiger partial charge in [-0.25, -0.2) is 15.0 Å². The molecule has 0 unspecified atom stereocenters. The molecule has 1 aliphatic carbocycles. The largest absolute Gasteiger partial charge is 0.310 e. The number of anilines is 3. The van der Waals surface area contributed by atoms with Crippen LogP contribution in [0.5, 0.6) is 0 Å². The zero-order valence-electron chi connectivity index (χ0n) is 30.4. The van der Waals surface area contributed by atoms with Gasteiger partial charge in [-0.3, -0.25) is 0 Å². The molecule has 1 aromatic heterocycles. The van der Waals surface area contributed by atoms with E-state index in [1.165, 1.54) is 38.9 Å². The number of hydrogen-bond donors (Lipinski definition) is 0. The van der Waals surface area contributed by atoms with Gasteiger partial charge in [0, 0.05) is 22.4 Å². The molecule has 0 atom stereocenters. The van der Waals surface area contributed by atoms with Gasteiger partial charge in [-0.2, -0.15) is 0 Å². The van der Waals surface area contributed by atoms with E-state index in [9.17, 15) is 0 Å². The topological polar surface area (TPSA) is 41.9 Å². The highest BCUT2D eigenvalue weighted by Gasteiger charge is 2.53. The van der Waals surface area contributed by atoms with Crippen molar-refractivity contribution in [2.24, 2.45) is 0 Å². The molecule has 8 aromatic carbocycles. The first-order valence-corrected chi connectivity index (χ1v) is 19.0. The second-order valence-corrected chi connectivity index (χ2v) is 14.3. The second kappa shape index (κ2) is 12.9. The van der Waals surface area contributed by atoms with Crippen molar-refractivity contribution in [1.82, 2.24) is 15.0 Å². The van der Waals surface area contributed by atoms with Gasteiger partial charge in [0.1, 0.15) is 0 Å². The van der Waals surface area contributed by atoms with E-state index in [2.05, 4.69) is 187 Å². The Bertz CT molecular complexity index is 2860. The third-order valence-corrected chi connectivity index (χ3v) is 11.3. The number of fused-ring (bicyclic) bond motifs is 9. The molecule has 9 aromatic rings. The summed E-state index contributed by atoms with van der Waals surface area (Å²) in [5.41, 5.74) is 15.2. The summed E-state index contributed by atoms with van der Waals surface area (Å²) in [7, 11) is 0. The quantitative estimate of drug-likeness (QED) is 0.178. The Morgan fingerprint density at radius 1 is 0.304 bits per heavy atom. The van der Waals surface area contributed by atoms with Crippen LogP contribution in [-0.4, -0.2) is 15.0 Å². The summed E-state index contributed by atoms with van der Waals surface area (Å²) in [6.07, 6.45) is 0. The van der Waals surface area contributed by atoms with Crippen LogP contribution < -0.4 is 4.90 Å². The highest BCUT2D eigenvalue weighted by molar-refractivity contribution is 5.98. The number of para-hydroxylation sites is 3. The lowest BCUT2D eigenvalue weighted by Crippen LogP contribution is -2.36. The minimum atomic E-state index is -0.655. The number of aromatic nitrogens is 3. The monoisotopic (exact) mass is 714 g/mol. The third-order valence-electron chi connectivity index (χ3n) is 11.3. The maximum Gasteiger partial charge on any atom is 0.164 e. The van der Waals surface area contributed by atoms with Gasteiger partial charge >= 0.3 is 0 Å². The molecule has 0 radical (unpaired) electrons. The summed E-state index contributed by atoms with van der Waals surface area (Å²) in [6.45, 7) is 0. The van der Waals surface area contributed by atoms with Crippen LogP contribution in [0.15, 0.2) is 206 Å². The Morgan fingerprint density at radius 2 is 0.732 bits per heavy atom. The van der Waals surface area contributed by atoms with E-state index in [0.717, 1.165) is 39.3 Å². The van der Waals surface area contributed by atoms with Crippen LogP contribution >= 0.6 is 0 Å². The molecule has 0 saturated heterocycles. The van der Waals surface area contributed by atoms with Crippen molar-refractivity contribution in [2.75, 3.05) is 4.90 Å². The average molecular weight is 715 g/mol. The van der Waals surface area contributed by atoms with Gasteiger partial charge in [-0.05, 0) is 68.8 Å². The van der Waals surface area contributed by atoms with Crippen molar-refractivity contribution in [3.63, 3.8) is 0 Å². The second-order valence-electron chi connectivity index (χ2n) is 14.3. The molecule has 0 N–H and O–H groups in total. The van der Waals surface area contributed by atoms with Crippen molar-refractivity contribution < 1.29 is 0 Å².